The summed E-state index contributed by atoms with van der Waals surface area (Å²) >= 11 is -4.76. The van der Waals surface area contributed by atoms with E-state index in [2.05, 4.69) is 132 Å². The van der Waals surface area contributed by atoms with Gasteiger partial charge in [-0.25, -0.2) is 0 Å². The zero-order valence-corrected chi connectivity index (χ0v) is 24.6. The van der Waals surface area contributed by atoms with Gasteiger partial charge in [-0.2, -0.15) is 0 Å². The van der Waals surface area contributed by atoms with Crippen LogP contribution in [0.25, 0.3) is 34.4 Å². The van der Waals surface area contributed by atoms with Crippen molar-refractivity contribution in [2.75, 3.05) is 0 Å². The summed E-state index contributed by atoms with van der Waals surface area (Å²) in [4.78, 5) is 0. The zero-order chi connectivity index (χ0) is 24.1. The average Bonchev–Trinajstić information content (AvgIpc) is 3.56. The van der Waals surface area contributed by atoms with Crippen LogP contribution in [0.3, 0.4) is 0 Å². The van der Waals surface area contributed by atoms with Crippen molar-refractivity contribution in [2.45, 2.75) is 14.3 Å². The Morgan fingerprint density at radius 3 is 1.40 bits per heavy atom. The van der Waals surface area contributed by atoms with Gasteiger partial charge in [0.15, 0.2) is 0 Å². The van der Waals surface area contributed by atoms with Gasteiger partial charge in [-0.3, -0.25) is 0 Å². The van der Waals surface area contributed by atoms with Crippen LogP contribution in [0.1, 0.15) is 36.5 Å². The molecule has 0 N–H and O–H groups in total. The van der Waals surface area contributed by atoms with E-state index in [0.717, 1.165) is 0 Å². The Balaban J connectivity index is 1.48. The Morgan fingerprint density at radius 1 is 0.571 bits per heavy atom. The number of allylic oxidation sites excluding steroid dienone is 2. The predicted molar refractivity (Wildman–Crippen MR) is 151 cm³/mol. The molecule has 2 aliphatic carbocycles. The molecule has 2 atom stereocenters. The Hall–Kier alpha value is -2.32. The number of halogens is 2. The molecule has 4 aromatic rings. The standard InChI is InChI=1S/2C15H11.C2H4.2ClH.Hf/c2*1-2-6-12(7-3-1)14-10-4-8-13-9-5-11-15(13)14;1-2;;;/h2*1-11H;1H,2H3;2*1H;/q;;;;;+2/p-2. The molecule has 0 radical (unpaired) electrons. The monoisotopic (exact) mass is 660 g/mol. The van der Waals surface area contributed by atoms with E-state index < -0.39 is 15.7 Å². The molecule has 0 spiro atoms. The third-order valence-corrected chi connectivity index (χ3v) is 35.2. The topological polar surface area (TPSA) is 0 Å². The van der Waals surface area contributed by atoms with Crippen molar-refractivity contribution >= 4 is 33.1 Å². The molecule has 35 heavy (non-hydrogen) atoms. The van der Waals surface area contributed by atoms with E-state index in [-0.39, 0.29) is 7.35 Å². The van der Waals surface area contributed by atoms with Crippen molar-refractivity contribution in [1.29, 1.82) is 0 Å². The van der Waals surface area contributed by atoms with E-state index in [0.29, 0.717) is 0 Å². The first-order chi connectivity index (χ1) is 17.0. The van der Waals surface area contributed by atoms with Crippen LogP contribution in [0.15, 0.2) is 109 Å². The normalized spacial score (nSPS) is 18.4. The molecule has 172 valence electrons. The van der Waals surface area contributed by atoms with Gasteiger partial charge in [0.1, 0.15) is 0 Å². The molecule has 0 aliphatic heterocycles. The van der Waals surface area contributed by atoms with Crippen LogP contribution >= 0.6 is 17.2 Å². The number of fused-ring (bicyclic) bond motifs is 2. The van der Waals surface area contributed by atoms with Gasteiger partial charge in [0.2, 0.25) is 0 Å². The van der Waals surface area contributed by atoms with Crippen molar-refractivity contribution < 1.29 is 15.7 Å². The maximum atomic E-state index is 7.87. The fraction of sp³-hybridized carbons (Fsp3) is 0.0938. The minimum atomic E-state index is -4.76. The second kappa shape index (κ2) is 8.66. The van der Waals surface area contributed by atoms with Gasteiger partial charge in [0.05, 0.1) is 0 Å². The average molecular weight is 660 g/mol. The first kappa shape index (κ1) is 23.1. The molecular formula is C32H26Cl2Hf. The molecule has 0 amide bonds. The van der Waals surface area contributed by atoms with E-state index in [1.54, 1.807) is 0 Å². The van der Waals surface area contributed by atoms with Crippen LogP contribution < -0.4 is 0 Å². The number of hydrogen-bond donors (Lipinski definition) is 0. The predicted octanol–water partition coefficient (Wildman–Crippen LogP) is 9.68. The molecule has 2 unspecified atom stereocenters. The van der Waals surface area contributed by atoms with Gasteiger partial charge in [0, 0.05) is 0 Å². The second-order valence-corrected chi connectivity index (χ2v) is 40.3. The van der Waals surface area contributed by atoms with Crippen LogP contribution in [-0.4, -0.2) is 3.76 Å². The van der Waals surface area contributed by atoms with Crippen molar-refractivity contribution in [2.24, 2.45) is 0 Å². The van der Waals surface area contributed by atoms with Crippen molar-refractivity contribution in [3.8, 4) is 22.3 Å². The summed E-state index contributed by atoms with van der Waals surface area (Å²) in [5.41, 5.74) is 9.90. The molecule has 0 bridgehead atoms. The zero-order valence-electron chi connectivity index (χ0n) is 19.5. The summed E-state index contributed by atoms with van der Waals surface area (Å²) in [6.45, 7) is 2.08. The minimum absolute atomic E-state index is 0.0278. The third kappa shape index (κ3) is 3.63. The summed E-state index contributed by atoms with van der Waals surface area (Å²) in [5, 5.41) is 0. The van der Waals surface area contributed by atoms with Crippen LogP contribution in [0, 0.1) is 0 Å². The van der Waals surface area contributed by atoms with E-state index in [1.807, 2.05) is 0 Å². The van der Waals surface area contributed by atoms with E-state index in [4.69, 9.17) is 17.2 Å². The Labute approximate surface area is 215 Å². The number of hydrogen-bond acceptors (Lipinski definition) is 0. The third-order valence-electron chi connectivity index (χ3n) is 7.77. The summed E-state index contributed by atoms with van der Waals surface area (Å²) in [6.07, 6.45) is 9.04. The molecule has 0 heterocycles. The van der Waals surface area contributed by atoms with Crippen LogP contribution in [0.4, 0.5) is 0 Å². The molecule has 2 aliphatic rings. The molecule has 3 heteroatoms. The van der Waals surface area contributed by atoms with Gasteiger partial charge >= 0.3 is 217 Å². The summed E-state index contributed by atoms with van der Waals surface area (Å²) < 4.78 is 2.26. The quantitative estimate of drug-likeness (QED) is 0.192. The van der Waals surface area contributed by atoms with Crippen molar-refractivity contribution in [3.05, 3.63) is 131 Å². The Bertz CT molecular complexity index is 1450. The second-order valence-electron chi connectivity index (χ2n) is 9.54. The first-order valence-corrected chi connectivity index (χ1v) is 27.2. The molecule has 0 saturated carbocycles. The van der Waals surface area contributed by atoms with Crippen molar-refractivity contribution in [1.82, 2.24) is 0 Å². The summed E-state index contributed by atoms with van der Waals surface area (Å²) in [7, 11) is 15.7. The van der Waals surface area contributed by atoms with E-state index in [1.165, 1.54) is 44.5 Å². The van der Waals surface area contributed by atoms with Gasteiger partial charge < -0.3 is 0 Å². The summed E-state index contributed by atoms with van der Waals surface area (Å²) in [6, 6.07) is 34.2. The first-order valence-electron chi connectivity index (χ1n) is 12.1. The van der Waals surface area contributed by atoms with Gasteiger partial charge in [0.25, 0.3) is 0 Å². The molecule has 4 aromatic carbocycles. The van der Waals surface area contributed by atoms with Crippen LogP contribution in [0.5, 0.6) is 0 Å². The van der Waals surface area contributed by atoms with Gasteiger partial charge in [-0.15, -0.1) is 0 Å². The van der Waals surface area contributed by atoms with Crippen molar-refractivity contribution in [3.63, 3.8) is 0 Å². The fourth-order valence-corrected chi connectivity index (χ4v) is 25.5. The van der Waals surface area contributed by atoms with Crippen LogP contribution in [-0.2, 0) is 15.7 Å². The van der Waals surface area contributed by atoms with E-state index >= 15 is 0 Å². The molecular weight excluding hydrogens is 634 g/mol. The molecule has 0 saturated heterocycles. The molecule has 6 rings (SSSR count). The van der Waals surface area contributed by atoms with Gasteiger partial charge in [-0.05, 0) is 0 Å². The number of rotatable bonds is 4. The molecule has 0 aromatic heterocycles. The summed E-state index contributed by atoms with van der Waals surface area (Å²) in [5.74, 6) is 0. The maximum absolute atomic E-state index is 7.87. The number of benzene rings is 4. The van der Waals surface area contributed by atoms with Gasteiger partial charge in [-0.1, -0.05) is 0 Å². The van der Waals surface area contributed by atoms with E-state index in [9.17, 15) is 0 Å². The Morgan fingerprint density at radius 2 is 1.00 bits per heavy atom. The van der Waals surface area contributed by atoms with Crippen LogP contribution in [0.2, 0.25) is 0 Å². The SMILES string of the molecule is C[CH]=[Hf]([Cl])([Cl])([CH]1C=Cc2c(-c3ccccc3)cccc21)[CH]1C=Cc2c(-c3ccccc3)cccc21. The molecule has 0 nitrogen and oxygen atoms in total. The molecule has 0 fully saturated rings. The Kier molecular flexibility index (Phi) is 5.72. The fourth-order valence-electron chi connectivity index (χ4n) is 5.93.